The Kier molecular flexibility index (Phi) is 3.80. The lowest BCUT2D eigenvalue weighted by Gasteiger charge is -1.96. The highest BCUT2D eigenvalue weighted by Crippen LogP contribution is 2.07. The van der Waals surface area contributed by atoms with Gasteiger partial charge in [-0.1, -0.05) is 36.4 Å². The normalized spacial score (nSPS) is 10.5. The lowest BCUT2D eigenvalue weighted by Crippen LogP contribution is -1.91. The van der Waals surface area contributed by atoms with Gasteiger partial charge in [-0.05, 0) is 12.5 Å². The third kappa shape index (κ3) is 3.77. The molecule has 0 saturated carbocycles. The number of benzene rings is 1. The van der Waals surface area contributed by atoms with E-state index in [2.05, 4.69) is 0 Å². The predicted molar refractivity (Wildman–Crippen MR) is 57.7 cm³/mol. The van der Waals surface area contributed by atoms with Crippen LogP contribution in [0.25, 0.3) is 6.08 Å². The zero-order chi connectivity index (χ0) is 11.3. The van der Waals surface area contributed by atoms with Crippen molar-refractivity contribution in [2.45, 2.75) is 13.3 Å². The van der Waals surface area contributed by atoms with Crippen molar-refractivity contribution in [3.8, 4) is 0 Å². The van der Waals surface area contributed by atoms with Crippen LogP contribution in [0, 0.1) is 0 Å². The molecule has 0 spiro atoms. The number of carbonyl (C=O) groups is 2. The number of carboxylic acids is 1. The first-order chi connectivity index (χ1) is 7.09. The molecule has 0 aliphatic rings. The SMILES string of the molecule is CC(=O)c1ccc(C=CCC(=O)O)cc1. The Morgan fingerprint density at radius 1 is 1.27 bits per heavy atom. The Bertz CT molecular complexity index is 388. The molecule has 0 heterocycles. The van der Waals surface area contributed by atoms with Crippen LogP contribution < -0.4 is 0 Å². The highest BCUT2D eigenvalue weighted by molar-refractivity contribution is 5.94. The number of ketones is 1. The Hall–Kier alpha value is -1.90. The minimum atomic E-state index is -0.855. The fraction of sp³-hybridized carbons (Fsp3) is 0.167. The molecule has 0 fully saturated rings. The number of rotatable bonds is 4. The number of carboxylic acid groups (broad SMARTS) is 1. The Labute approximate surface area is 88.0 Å². The van der Waals surface area contributed by atoms with Crippen molar-refractivity contribution >= 4 is 17.8 Å². The Morgan fingerprint density at radius 2 is 1.87 bits per heavy atom. The van der Waals surface area contributed by atoms with Crippen LogP contribution in [0.4, 0.5) is 0 Å². The molecule has 3 nitrogen and oxygen atoms in total. The van der Waals surface area contributed by atoms with E-state index in [0.29, 0.717) is 5.56 Å². The Morgan fingerprint density at radius 3 is 2.33 bits per heavy atom. The molecule has 0 aromatic heterocycles. The molecule has 0 aliphatic carbocycles. The first-order valence-electron chi connectivity index (χ1n) is 4.59. The summed E-state index contributed by atoms with van der Waals surface area (Å²) in [6, 6.07) is 7.02. The van der Waals surface area contributed by atoms with Crippen LogP contribution in [0.3, 0.4) is 0 Å². The van der Waals surface area contributed by atoms with Gasteiger partial charge in [0.15, 0.2) is 5.78 Å². The topological polar surface area (TPSA) is 54.4 Å². The standard InChI is InChI=1S/C12H12O3/c1-9(13)11-7-5-10(6-8-11)3-2-4-12(14)15/h2-3,5-8H,4H2,1H3,(H,14,15). The molecule has 3 heteroatoms. The van der Waals surface area contributed by atoms with Gasteiger partial charge in [0.25, 0.3) is 0 Å². The summed E-state index contributed by atoms with van der Waals surface area (Å²) in [6.45, 7) is 1.51. The molecule has 1 rings (SSSR count). The van der Waals surface area contributed by atoms with Gasteiger partial charge in [0.05, 0.1) is 6.42 Å². The molecule has 0 atom stereocenters. The minimum absolute atomic E-state index is 0.00839. The van der Waals surface area contributed by atoms with Crippen molar-refractivity contribution in [3.63, 3.8) is 0 Å². The van der Waals surface area contributed by atoms with E-state index in [1.54, 1.807) is 36.4 Å². The zero-order valence-corrected chi connectivity index (χ0v) is 8.43. The fourth-order valence-corrected chi connectivity index (χ4v) is 1.12. The molecule has 0 amide bonds. The zero-order valence-electron chi connectivity index (χ0n) is 8.43. The van der Waals surface area contributed by atoms with Gasteiger partial charge in [-0.25, -0.2) is 0 Å². The molecular weight excluding hydrogens is 192 g/mol. The van der Waals surface area contributed by atoms with Gasteiger partial charge < -0.3 is 5.11 Å². The van der Waals surface area contributed by atoms with Crippen molar-refractivity contribution in [1.82, 2.24) is 0 Å². The van der Waals surface area contributed by atoms with Gasteiger partial charge in [-0.2, -0.15) is 0 Å². The summed E-state index contributed by atoms with van der Waals surface area (Å²) in [5.41, 5.74) is 1.55. The molecule has 1 N–H and O–H groups in total. The first-order valence-corrected chi connectivity index (χ1v) is 4.59. The second kappa shape index (κ2) is 5.10. The summed E-state index contributed by atoms with van der Waals surface area (Å²) in [6.07, 6.45) is 3.30. The second-order valence-corrected chi connectivity index (χ2v) is 3.18. The minimum Gasteiger partial charge on any atom is -0.481 e. The molecule has 1 aromatic carbocycles. The van der Waals surface area contributed by atoms with E-state index >= 15 is 0 Å². The van der Waals surface area contributed by atoms with E-state index in [1.807, 2.05) is 0 Å². The molecule has 0 saturated heterocycles. The number of hydrogen-bond donors (Lipinski definition) is 1. The number of Topliss-reactive ketones (excluding diaryl/α,β-unsaturated/α-hetero) is 1. The van der Waals surface area contributed by atoms with E-state index in [0.717, 1.165) is 5.56 Å². The highest BCUT2D eigenvalue weighted by Gasteiger charge is 1.97. The lowest BCUT2D eigenvalue weighted by molar-refractivity contribution is -0.135. The highest BCUT2D eigenvalue weighted by atomic mass is 16.4. The fourth-order valence-electron chi connectivity index (χ4n) is 1.12. The van der Waals surface area contributed by atoms with Gasteiger partial charge in [-0.15, -0.1) is 0 Å². The maximum Gasteiger partial charge on any atom is 0.307 e. The molecule has 0 unspecified atom stereocenters. The average molecular weight is 204 g/mol. The molecule has 15 heavy (non-hydrogen) atoms. The first kappa shape index (κ1) is 11.2. The van der Waals surface area contributed by atoms with Gasteiger partial charge in [0.2, 0.25) is 0 Å². The maximum absolute atomic E-state index is 11.0. The smallest absolute Gasteiger partial charge is 0.307 e. The largest absolute Gasteiger partial charge is 0.481 e. The van der Waals surface area contributed by atoms with Crippen LogP contribution in [0.5, 0.6) is 0 Å². The molecule has 0 aliphatic heterocycles. The molecule has 0 radical (unpaired) electrons. The second-order valence-electron chi connectivity index (χ2n) is 3.18. The van der Waals surface area contributed by atoms with Gasteiger partial charge in [0, 0.05) is 5.56 Å². The summed E-state index contributed by atoms with van der Waals surface area (Å²) < 4.78 is 0. The molecular formula is C12H12O3. The molecule has 0 bridgehead atoms. The third-order valence-corrected chi connectivity index (χ3v) is 1.92. The van der Waals surface area contributed by atoms with Crippen molar-refractivity contribution in [2.75, 3.05) is 0 Å². The molecule has 78 valence electrons. The van der Waals surface area contributed by atoms with Crippen LogP contribution in [-0.2, 0) is 4.79 Å². The summed E-state index contributed by atoms with van der Waals surface area (Å²) in [5, 5.41) is 8.41. The van der Waals surface area contributed by atoms with E-state index in [-0.39, 0.29) is 12.2 Å². The van der Waals surface area contributed by atoms with Crippen LogP contribution in [0.1, 0.15) is 29.3 Å². The van der Waals surface area contributed by atoms with E-state index < -0.39 is 5.97 Å². The van der Waals surface area contributed by atoms with Gasteiger partial charge >= 0.3 is 5.97 Å². The van der Waals surface area contributed by atoms with Gasteiger partial charge in [0.1, 0.15) is 0 Å². The van der Waals surface area contributed by atoms with Gasteiger partial charge in [-0.3, -0.25) is 9.59 Å². The third-order valence-electron chi connectivity index (χ3n) is 1.92. The van der Waals surface area contributed by atoms with Crippen molar-refractivity contribution in [1.29, 1.82) is 0 Å². The van der Waals surface area contributed by atoms with Crippen molar-refractivity contribution in [3.05, 3.63) is 41.5 Å². The van der Waals surface area contributed by atoms with Crippen molar-refractivity contribution < 1.29 is 14.7 Å². The summed E-state index contributed by atoms with van der Waals surface area (Å²) in [5.74, 6) is -0.831. The summed E-state index contributed by atoms with van der Waals surface area (Å²) in [7, 11) is 0. The summed E-state index contributed by atoms with van der Waals surface area (Å²) in [4.78, 5) is 21.2. The summed E-state index contributed by atoms with van der Waals surface area (Å²) >= 11 is 0. The monoisotopic (exact) mass is 204 g/mol. The molecule has 1 aromatic rings. The Balaban J connectivity index is 2.68. The predicted octanol–water partition coefficient (Wildman–Crippen LogP) is 2.38. The van der Waals surface area contributed by atoms with Crippen LogP contribution >= 0.6 is 0 Å². The van der Waals surface area contributed by atoms with Crippen LogP contribution in [0.15, 0.2) is 30.3 Å². The van der Waals surface area contributed by atoms with Crippen LogP contribution in [0.2, 0.25) is 0 Å². The van der Waals surface area contributed by atoms with E-state index in [1.165, 1.54) is 6.92 Å². The average Bonchev–Trinajstić information content (AvgIpc) is 2.18. The number of aliphatic carboxylic acids is 1. The van der Waals surface area contributed by atoms with Crippen LogP contribution in [-0.4, -0.2) is 16.9 Å². The van der Waals surface area contributed by atoms with E-state index in [4.69, 9.17) is 5.11 Å². The van der Waals surface area contributed by atoms with Crippen molar-refractivity contribution in [2.24, 2.45) is 0 Å². The quantitative estimate of drug-likeness (QED) is 0.766. The lowest BCUT2D eigenvalue weighted by atomic mass is 10.1. The van der Waals surface area contributed by atoms with E-state index in [9.17, 15) is 9.59 Å². The number of hydrogen-bond acceptors (Lipinski definition) is 2. The maximum atomic E-state index is 11.0. The number of carbonyl (C=O) groups excluding carboxylic acids is 1.